The van der Waals surface area contributed by atoms with E-state index in [4.69, 9.17) is 28.4 Å². The van der Waals surface area contributed by atoms with Gasteiger partial charge >= 0.3 is 0 Å². The second kappa shape index (κ2) is 37.0. The van der Waals surface area contributed by atoms with E-state index in [9.17, 15) is 28.4 Å². The number of aliphatic hydroxyl groups excluding tert-OH is 2. The van der Waals surface area contributed by atoms with Gasteiger partial charge < -0.3 is 59.1 Å². The Hall–Kier alpha value is -3.70. The van der Waals surface area contributed by atoms with Crippen molar-refractivity contribution in [2.45, 2.75) is 158 Å². The Kier molecular flexibility index (Phi) is 30.8. The van der Waals surface area contributed by atoms with E-state index in [0.717, 1.165) is 156 Å². The van der Waals surface area contributed by atoms with Gasteiger partial charge in [-0.05, 0) is 86.0 Å². The predicted octanol–water partition coefficient (Wildman–Crippen LogP) is 13.7. The molecule has 16 nitrogen and oxygen atoms in total. The maximum atomic E-state index is 12.5. The number of nitrogens with zero attached hydrogens (tertiary/aromatic N) is 2. The topological polar surface area (TPSA) is 207 Å². The van der Waals surface area contributed by atoms with Crippen LogP contribution >= 0.6 is 21.2 Å². The molecule has 0 aliphatic carbocycles. The van der Waals surface area contributed by atoms with Gasteiger partial charge in [-0.1, -0.05) is 146 Å². The van der Waals surface area contributed by atoms with Crippen molar-refractivity contribution in [1.29, 1.82) is 0 Å². The second-order valence-corrected chi connectivity index (χ2v) is 28.8. The number of rotatable bonds is 42. The Balaban J connectivity index is 0.817. The van der Waals surface area contributed by atoms with E-state index < -0.39 is 56.1 Å². The van der Waals surface area contributed by atoms with Gasteiger partial charge in [-0.15, -0.1) is 0 Å². The summed E-state index contributed by atoms with van der Waals surface area (Å²) in [6.45, 7) is 16.2. The van der Waals surface area contributed by atoms with Crippen LogP contribution in [0.3, 0.4) is 0 Å². The number of ether oxygens (including phenoxy) is 6. The molecule has 492 valence electrons. The molecule has 0 aromatic heterocycles. The predicted molar refractivity (Wildman–Crippen MR) is 359 cm³/mol. The molecule has 2 aliphatic rings. The third-order valence-corrected chi connectivity index (χ3v) is 21.7. The molecule has 4 atom stereocenters. The average Bonchev–Trinajstić information content (AvgIpc) is 1.70. The first-order valence-corrected chi connectivity index (χ1v) is 36.1. The molecule has 0 spiro atoms. The Morgan fingerprint density at radius 2 is 0.770 bits per heavy atom. The minimum Gasteiger partial charge on any atom is -0.489 e. The van der Waals surface area contributed by atoms with Gasteiger partial charge in [-0.2, -0.15) is 21.2 Å². The van der Waals surface area contributed by atoms with Gasteiger partial charge in [0, 0.05) is 76.1 Å². The molecule has 0 saturated heterocycles. The molecule has 0 saturated carbocycles. The highest BCUT2D eigenvalue weighted by molar-refractivity contribution is 8.24. The SMILES string of the molecule is CCCCC1(CCCC)CS(O)(O)c2cc(OCCOCCOCCNCCCCCNCCOCCOCCOc3cc4c(cc3N(C)C)[C@H](c3ccccc3)[C@H](O)C(CCCC)(CCCC)CS4(O)O)c(N(C)C)cc2[C@H](c2ccccc2)[C@@H]1O. The average molecular weight is 1250 g/mol. The lowest BCUT2D eigenvalue weighted by Crippen LogP contribution is -2.42. The van der Waals surface area contributed by atoms with E-state index in [1.807, 2.05) is 123 Å². The van der Waals surface area contributed by atoms with Crippen molar-refractivity contribution in [3.8, 4) is 11.5 Å². The van der Waals surface area contributed by atoms with Crippen LogP contribution in [-0.2, 0) is 18.9 Å². The van der Waals surface area contributed by atoms with E-state index in [0.29, 0.717) is 74.1 Å². The molecule has 0 radical (unpaired) electrons. The van der Waals surface area contributed by atoms with Crippen LogP contribution in [0.25, 0.3) is 0 Å². The molecular formula is C69H112N4O12S2. The summed E-state index contributed by atoms with van der Waals surface area (Å²) in [5.74, 6) is 0.490. The summed E-state index contributed by atoms with van der Waals surface area (Å²) in [7, 11) is 1.19. The number of aliphatic hydroxyl groups is 2. The fourth-order valence-electron chi connectivity index (χ4n) is 12.9. The molecule has 2 aliphatic heterocycles. The molecule has 0 amide bonds. The molecule has 4 aromatic carbocycles. The van der Waals surface area contributed by atoms with Gasteiger partial charge in [0.2, 0.25) is 0 Å². The zero-order chi connectivity index (χ0) is 62.7. The Morgan fingerprint density at radius 3 is 1.10 bits per heavy atom. The number of nitrogens with one attached hydrogen (secondary N) is 2. The van der Waals surface area contributed by atoms with Crippen LogP contribution in [0.4, 0.5) is 11.4 Å². The van der Waals surface area contributed by atoms with Crippen LogP contribution in [0.2, 0.25) is 0 Å². The van der Waals surface area contributed by atoms with Crippen molar-refractivity contribution >= 4 is 32.6 Å². The van der Waals surface area contributed by atoms with E-state index in [1.165, 1.54) is 0 Å². The highest BCUT2D eigenvalue weighted by Gasteiger charge is 2.51. The minimum atomic E-state index is -3.31. The van der Waals surface area contributed by atoms with Crippen LogP contribution in [-0.4, -0.2) is 173 Å². The summed E-state index contributed by atoms with van der Waals surface area (Å²) in [5, 5.41) is 32.0. The monoisotopic (exact) mass is 1250 g/mol. The molecule has 87 heavy (non-hydrogen) atoms. The quantitative estimate of drug-likeness (QED) is 0.0194. The molecule has 18 heteroatoms. The molecule has 8 N–H and O–H groups in total. The van der Waals surface area contributed by atoms with Gasteiger partial charge in [-0.25, -0.2) is 0 Å². The molecule has 0 fully saturated rings. The first kappa shape index (κ1) is 72.4. The van der Waals surface area contributed by atoms with Crippen LogP contribution in [0.5, 0.6) is 11.5 Å². The lowest BCUT2D eigenvalue weighted by atomic mass is 9.68. The normalized spacial score (nSPS) is 19.9. The number of fused-ring (bicyclic) bond motifs is 2. The number of hydrogen-bond donors (Lipinski definition) is 8. The summed E-state index contributed by atoms with van der Waals surface area (Å²) in [5.41, 5.74) is 3.71. The van der Waals surface area contributed by atoms with Crippen molar-refractivity contribution in [2.75, 3.05) is 142 Å². The molecular weight excluding hydrogens is 1140 g/mol. The first-order valence-electron chi connectivity index (χ1n) is 32.7. The number of anilines is 2. The molecule has 0 unspecified atom stereocenters. The molecule has 0 bridgehead atoms. The van der Waals surface area contributed by atoms with Gasteiger partial charge in [0.15, 0.2) is 0 Å². The van der Waals surface area contributed by atoms with Crippen LogP contribution < -0.4 is 29.9 Å². The van der Waals surface area contributed by atoms with Crippen molar-refractivity contribution < 1.29 is 56.8 Å². The lowest BCUT2D eigenvalue weighted by molar-refractivity contribution is 0.0118. The molecule has 6 rings (SSSR count). The van der Waals surface area contributed by atoms with E-state index in [-0.39, 0.29) is 24.7 Å². The number of unbranched alkanes of at least 4 members (excludes halogenated alkanes) is 6. The van der Waals surface area contributed by atoms with Crippen molar-refractivity contribution in [3.63, 3.8) is 0 Å². The number of benzene rings is 4. The Bertz CT molecular complexity index is 2370. The standard InChI is InChI=1S/C69H112N4O12S2/c1-9-13-30-68(31-14-10-2)52-86(76,77)62-50-60(58(72(5)6)48-56(62)64(66(68)74)54-26-20-17-21-27-54)84-46-44-82-42-40-80-38-36-70-34-24-19-25-35-71-37-39-81-41-43-83-45-47-85-61-51-63-57(49-59(61)73(7)8)65(55-28-22-18-23-29-55)67(75)69(32-15-11-3,33-16-12-4)53-87(63,78)79/h17-18,20-23,26-29,48-51,64-67,70-71,74-79H,9-16,19,24-25,30-47,52-53H2,1-8H3/t64-,65-,66-,67-/m0/s1. The third kappa shape index (κ3) is 20.7. The summed E-state index contributed by atoms with van der Waals surface area (Å²) >= 11 is 0. The van der Waals surface area contributed by atoms with Crippen LogP contribution in [0.15, 0.2) is 94.7 Å². The van der Waals surface area contributed by atoms with E-state index in [2.05, 4.69) is 38.3 Å². The largest absolute Gasteiger partial charge is 0.489 e. The lowest BCUT2D eigenvalue weighted by Gasteiger charge is -2.44. The fourth-order valence-corrected chi connectivity index (χ4v) is 17.4. The van der Waals surface area contributed by atoms with Crippen molar-refractivity contribution in [2.24, 2.45) is 10.8 Å². The summed E-state index contributed by atoms with van der Waals surface area (Å²) < 4.78 is 84.6. The number of hydrogen-bond acceptors (Lipinski definition) is 16. The highest BCUT2D eigenvalue weighted by Crippen LogP contribution is 2.65. The maximum Gasteiger partial charge on any atom is 0.144 e. The van der Waals surface area contributed by atoms with Gasteiger partial charge in [-0.3, -0.25) is 18.2 Å². The van der Waals surface area contributed by atoms with Gasteiger partial charge in [0.25, 0.3) is 0 Å². The summed E-state index contributed by atoms with van der Waals surface area (Å²) in [4.78, 5) is 4.87. The fraction of sp³-hybridized carbons (Fsp3) is 0.652. The van der Waals surface area contributed by atoms with Crippen molar-refractivity contribution in [3.05, 3.63) is 107 Å². The first-order chi connectivity index (χ1) is 42.0. The summed E-state index contributed by atoms with van der Waals surface area (Å²) in [6, 6.07) is 27.7. The molecule has 2 heterocycles. The summed E-state index contributed by atoms with van der Waals surface area (Å²) in [6.07, 6.45) is 12.1. The zero-order valence-electron chi connectivity index (χ0n) is 54.2. The van der Waals surface area contributed by atoms with Crippen LogP contribution in [0.1, 0.15) is 158 Å². The zero-order valence-corrected chi connectivity index (χ0v) is 55.8. The smallest absolute Gasteiger partial charge is 0.144 e. The third-order valence-electron chi connectivity index (χ3n) is 17.6. The minimum absolute atomic E-state index is 0.124. The Labute approximate surface area is 526 Å². The van der Waals surface area contributed by atoms with E-state index >= 15 is 0 Å². The Morgan fingerprint density at radius 1 is 0.437 bits per heavy atom. The maximum absolute atomic E-state index is 12.5. The van der Waals surface area contributed by atoms with Crippen molar-refractivity contribution in [1.82, 2.24) is 10.6 Å². The van der Waals surface area contributed by atoms with Crippen LogP contribution in [0, 0.1) is 10.8 Å². The van der Waals surface area contributed by atoms with Gasteiger partial charge in [0.05, 0.1) is 97.7 Å². The van der Waals surface area contributed by atoms with E-state index in [1.54, 1.807) is 0 Å². The molecule has 4 aromatic rings. The highest BCUT2D eigenvalue weighted by atomic mass is 32.3. The van der Waals surface area contributed by atoms with Gasteiger partial charge in [0.1, 0.15) is 24.7 Å². The second-order valence-electron chi connectivity index (χ2n) is 24.6.